The zero-order valence-electron chi connectivity index (χ0n) is 12.4. The van der Waals surface area contributed by atoms with E-state index < -0.39 is 0 Å². The van der Waals surface area contributed by atoms with E-state index in [1.165, 1.54) is 0 Å². The normalized spacial score (nSPS) is 15.5. The maximum absolute atomic E-state index is 11.7. The number of ether oxygens (including phenoxy) is 1. The molecule has 1 aliphatic rings. The van der Waals surface area contributed by atoms with E-state index in [0.717, 1.165) is 44.8 Å². The fourth-order valence-electron chi connectivity index (χ4n) is 2.23. The Morgan fingerprint density at radius 3 is 2.73 bits per heavy atom. The van der Waals surface area contributed by atoms with Crippen molar-refractivity contribution in [3.63, 3.8) is 0 Å². The molecule has 1 aliphatic heterocycles. The third-order valence-electron chi connectivity index (χ3n) is 3.49. The molecule has 1 aromatic rings. The first-order valence-corrected chi connectivity index (χ1v) is 8.16. The van der Waals surface area contributed by atoms with Gasteiger partial charge in [-0.2, -0.15) is 0 Å². The van der Waals surface area contributed by atoms with Gasteiger partial charge in [0.25, 0.3) is 0 Å². The molecule has 0 atom stereocenters. The smallest absolute Gasteiger partial charge is 0.315 e. The van der Waals surface area contributed by atoms with Crippen molar-refractivity contribution in [3.05, 3.63) is 33.8 Å². The van der Waals surface area contributed by atoms with E-state index >= 15 is 0 Å². The topological polar surface area (TPSA) is 53.6 Å². The maximum atomic E-state index is 11.7. The summed E-state index contributed by atoms with van der Waals surface area (Å²) >= 11 is 11.9. The van der Waals surface area contributed by atoms with E-state index in [4.69, 9.17) is 27.9 Å². The standard InChI is InChI=1S/C15H21Cl2N3O2/c16-13-3-2-12(14(17)10-13)11-19-15(21)18-4-1-5-20-6-8-22-9-7-20/h2-3,10H,1,4-9,11H2,(H2,18,19,21). The lowest BCUT2D eigenvalue weighted by atomic mass is 10.2. The van der Waals surface area contributed by atoms with Crippen molar-refractivity contribution in [2.75, 3.05) is 39.4 Å². The van der Waals surface area contributed by atoms with Gasteiger partial charge in [-0.15, -0.1) is 0 Å². The second-order valence-corrected chi connectivity index (χ2v) is 6.00. The van der Waals surface area contributed by atoms with E-state index in [2.05, 4.69) is 15.5 Å². The maximum Gasteiger partial charge on any atom is 0.315 e. The van der Waals surface area contributed by atoms with Crippen molar-refractivity contribution in [1.29, 1.82) is 0 Å². The molecule has 0 aliphatic carbocycles. The molecule has 1 aromatic carbocycles. The van der Waals surface area contributed by atoms with Gasteiger partial charge in [-0.1, -0.05) is 29.3 Å². The van der Waals surface area contributed by atoms with Gasteiger partial charge in [0.05, 0.1) is 13.2 Å². The molecule has 0 aromatic heterocycles. The number of hydrogen-bond donors (Lipinski definition) is 2. The lowest BCUT2D eigenvalue weighted by molar-refractivity contribution is 0.0375. The van der Waals surface area contributed by atoms with Crippen LogP contribution < -0.4 is 10.6 Å². The highest BCUT2D eigenvalue weighted by atomic mass is 35.5. The van der Waals surface area contributed by atoms with Crippen LogP contribution in [0.2, 0.25) is 10.0 Å². The Hall–Kier alpha value is -1.01. The predicted molar refractivity (Wildman–Crippen MR) is 88.6 cm³/mol. The van der Waals surface area contributed by atoms with Crippen LogP contribution in [0.15, 0.2) is 18.2 Å². The first-order valence-electron chi connectivity index (χ1n) is 7.41. The van der Waals surface area contributed by atoms with Crippen LogP contribution in [-0.2, 0) is 11.3 Å². The number of halogens is 2. The van der Waals surface area contributed by atoms with Crippen LogP contribution in [0.3, 0.4) is 0 Å². The van der Waals surface area contributed by atoms with Gasteiger partial charge in [-0.25, -0.2) is 4.79 Å². The number of carbonyl (C=O) groups is 1. The van der Waals surface area contributed by atoms with E-state index in [9.17, 15) is 4.79 Å². The molecule has 7 heteroatoms. The largest absolute Gasteiger partial charge is 0.379 e. The van der Waals surface area contributed by atoms with Crippen LogP contribution >= 0.6 is 23.2 Å². The fraction of sp³-hybridized carbons (Fsp3) is 0.533. The summed E-state index contributed by atoms with van der Waals surface area (Å²) in [6, 6.07) is 5.04. The molecule has 122 valence electrons. The van der Waals surface area contributed by atoms with Gasteiger partial charge >= 0.3 is 6.03 Å². The van der Waals surface area contributed by atoms with Crippen molar-refractivity contribution in [1.82, 2.24) is 15.5 Å². The third kappa shape index (κ3) is 6.01. The highest BCUT2D eigenvalue weighted by molar-refractivity contribution is 6.35. The Morgan fingerprint density at radius 2 is 2.00 bits per heavy atom. The predicted octanol–water partition coefficient (Wildman–Crippen LogP) is 2.51. The number of urea groups is 1. The number of amides is 2. The van der Waals surface area contributed by atoms with Crippen LogP contribution in [0, 0.1) is 0 Å². The fourth-order valence-corrected chi connectivity index (χ4v) is 2.71. The summed E-state index contributed by atoms with van der Waals surface area (Å²) in [5.74, 6) is 0. The first-order chi connectivity index (χ1) is 10.6. The van der Waals surface area contributed by atoms with Crippen LogP contribution in [0.5, 0.6) is 0 Å². The van der Waals surface area contributed by atoms with E-state index in [1.54, 1.807) is 12.1 Å². The average Bonchev–Trinajstić information content (AvgIpc) is 2.52. The molecule has 2 amide bonds. The minimum atomic E-state index is -0.187. The van der Waals surface area contributed by atoms with Crippen molar-refractivity contribution < 1.29 is 9.53 Å². The number of carbonyl (C=O) groups excluding carboxylic acids is 1. The van der Waals surface area contributed by atoms with Crippen LogP contribution in [-0.4, -0.2) is 50.3 Å². The molecule has 0 saturated carbocycles. The number of benzene rings is 1. The van der Waals surface area contributed by atoms with Gasteiger partial charge in [-0.05, 0) is 30.7 Å². The second kappa shape index (κ2) is 9.20. The number of morpholine rings is 1. The molecule has 2 rings (SSSR count). The molecule has 1 saturated heterocycles. The summed E-state index contributed by atoms with van der Waals surface area (Å²) in [4.78, 5) is 14.1. The molecule has 0 bridgehead atoms. The van der Waals surface area contributed by atoms with Crippen molar-refractivity contribution in [3.8, 4) is 0 Å². The summed E-state index contributed by atoms with van der Waals surface area (Å²) in [6.45, 7) is 5.56. The molecule has 2 N–H and O–H groups in total. The Kier molecular flexibility index (Phi) is 7.25. The molecule has 0 unspecified atom stereocenters. The van der Waals surface area contributed by atoms with Crippen molar-refractivity contribution in [2.24, 2.45) is 0 Å². The Labute approximate surface area is 140 Å². The summed E-state index contributed by atoms with van der Waals surface area (Å²) in [6.07, 6.45) is 0.926. The monoisotopic (exact) mass is 345 g/mol. The molecular weight excluding hydrogens is 325 g/mol. The van der Waals surface area contributed by atoms with Gasteiger partial charge in [0, 0.05) is 36.2 Å². The molecule has 0 spiro atoms. The molecule has 22 heavy (non-hydrogen) atoms. The minimum Gasteiger partial charge on any atom is -0.379 e. The quantitative estimate of drug-likeness (QED) is 0.779. The van der Waals surface area contributed by atoms with Crippen LogP contribution in [0.1, 0.15) is 12.0 Å². The third-order valence-corrected chi connectivity index (χ3v) is 4.08. The summed E-state index contributed by atoms with van der Waals surface area (Å²) in [5, 5.41) is 6.77. The lowest BCUT2D eigenvalue weighted by Gasteiger charge is -2.26. The Bertz CT molecular complexity index is 494. The van der Waals surface area contributed by atoms with E-state index in [0.29, 0.717) is 23.1 Å². The average molecular weight is 346 g/mol. The molecule has 1 fully saturated rings. The Morgan fingerprint density at radius 1 is 1.23 bits per heavy atom. The Balaban J connectivity index is 1.59. The molecular formula is C15H21Cl2N3O2. The highest BCUT2D eigenvalue weighted by Crippen LogP contribution is 2.20. The van der Waals surface area contributed by atoms with Crippen LogP contribution in [0.4, 0.5) is 4.79 Å². The zero-order chi connectivity index (χ0) is 15.8. The van der Waals surface area contributed by atoms with Gasteiger partial charge in [-0.3, -0.25) is 4.90 Å². The van der Waals surface area contributed by atoms with Gasteiger partial charge < -0.3 is 15.4 Å². The summed E-state index contributed by atoms with van der Waals surface area (Å²) < 4.78 is 5.29. The number of hydrogen-bond acceptors (Lipinski definition) is 3. The van der Waals surface area contributed by atoms with Crippen molar-refractivity contribution >= 4 is 29.2 Å². The zero-order valence-corrected chi connectivity index (χ0v) is 13.9. The molecule has 1 heterocycles. The van der Waals surface area contributed by atoms with Crippen molar-refractivity contribution in [2.45, 2.75) is 13.0 Å². The summed E-state index contributed by atoms with van der Waals surface area (Å²) in [7, 11) is 0. The molecule has 0 radical (unpaired) electrons. The SMILES string of the molecule is O=C(NCCCN1CCOCC1)NCc1ccc(Cl)cc1Cl. The number of nitrogens with one attached hydrogen (secondary N) is 2. The van der Waals surface area contributed by atoms with Gasteiger partial charge in [0.2, 0.25) is 0 Å². The van der Waals surface area contributed by atoms with Gasteiger partial charge in [0.1, 0.15) is 0 Å². The minimum absolute atomic E-state index is 0.187. The van der Waals surface area contributed by atoms with Crippen LogP contribution in [0.25, 0.3) is 0 Å². The van der Waals surface area contributed by atoms with E-state index in [-0.39, 0.29) is 6.03 Å². The highest BCUT2D eigenvalue weighted by Gasteiger charge is 2.09. The lowest BCUT2D eigenvalue weighted by Crippen LogP contribution is -2.39. The number of rotatable bonds is 6. The van der Waals surface area contributed by atoms with E-state index in [1.807, 2.05) is 6.07 Å². The number of nitrogens with zero attached hydrogens (tertiary/aromatic N) is 1. The second-order valence-electron chi connectivity index (χ2n) is 5.15. The molecule has 5 nitrogen and oxygen atoms in total. The first kappa shape index (κ1) is 17.3. The summed E-state index contributed by atoms with van der Waals surface area (Å²) in [5.41, 5.74) is 0.842. The van der Waals surface area contributed by atoms with Gasteiger partial charge in [0.15, 0.2) is 0 Å².